The number of halogens is 2. The van der Waals surface area contributed by atoms with Gasteiger partial charge in [-0.25, -0.2) is 0 Å². The quantitative estimate of drug-likeness (QED) is 0.126. The number of benzene rings is 8. The van der Waals surface area contributed by atoms with Gasteiger partial charge in [0.05, 0.1) is 58.1 Å². The maximum Gasteiger partial charge on any atom is 0.261 e. The molecule has 0 N–H and O–H groups in total. The lowest BCUT2D eigenvalue weighted by molar-refractivity contribution is 0.0982. The molecule has 0 radical (unpaired) electrons. The van der Waals surface area contributed by atoms with E-state index in [1.165, 1.54) is 24.0 Å². The topological polar surface area (TPSA) is 126 Å². The number of ether oxygens (including phenoxy) is 2. The molecule has 2 amide bonds. The third kappa shape index (κ3) is 7.82. The molecule has 0 fully saturated rings. The van der Waals surface area contributed by atoms with Crippen molar-refractivity contribution in [1.82, 2.24) is 0 Å². The highest BCUT2D eigenvalue weighted by atomic mass is 35.5. The molecule has 0 saturated heterocycles. The van der Waals surface area contributed by atoms with Crippen molar-refractivity contribution in [1.29, 1.82) is 0 Å². The monoisotopic (exact) mass is 910 g/mol. The van der Waals surface area contributed by atoms with Crippen LogP contribution >= 0.6 is 23.2 Å². The molecule has 0 bridgehead atoms. The highest BCUT2D eigenvalue weighted by Crippen LogP contribution is 2.45. The summed E-state index contributed by atoms with van der Waals surface area (Å²) in [5.74, 6) is -0.415. The fourth-order valence-electron chi connectivity index (χ4n) is 8.29. The van der Waals surface area contributed by atoms with E-state index in [1.807, 2.05) is 86.6 Å². The highest BCUT2D eigenvalue weighted by Gasteiger charge is 2.29. The Kier molecular flexibility index (Phi) is 11.7. The molecule has 0 atom stereocenters. The normalized spacial score (nSPS) is 12.0. The average molecular weight is 912 g/mol. The number of anilines is 2. The van der Waals surface area contributed by atoms with E-state index in [0.717, 1.165) is 43.8 Å². The molecule has 66 heavy (non-hydrogen) atoms. The first-order valence-electron chi connectivity index (χ1n) is 20.8. The van der Waals surface area contributed by atoms with Crippen molar-refractivity contribution in [2.75, 3.05) is 38.1 Å². The van der Waals surface area contributed by atoms with Gasteiger partial charge in [-0.05, 0) is 108 Å². The van der Waals surface area contributed by atoms with Gasteiger partial charge in [-0.3, -0.25) is 14.4 Å². The SMILES string of the molecule is COc1c(C(=O)N(C)c2ccc(C)cc2Cl)cc2ccccc2c1N=Nc1ccc2c(c1)C(=O)c1cc(N=Nc3c(OC)c(C(=O)N(C)c4ccc(C)cc4Cl)cc4ccccc34)ccc1-2. The Labute approximate surface area is 390 Å². The number of azo groups is 2. The van der Waals surface area contributed by atoms with Crippen molar-refractivity contribution >= 4 is 96.5 Å². The highest BCUT2D eigenvalue weighted by molar-refractivity contribution is 6.35. The molecule has 8 aromatic rings. The van der Waals surface area contributed by atoms with Crippen molar-refractivity contribution in [2.24, 2.45) is 20.5 Å². The largest absolute Gasteiger partial charge is 0.494 e. The van der Waals surface area contributed by atoms with Crippen LogP contribution in [0.3, 0.4) is 0 Å². The van der Waals surface area contributed by atoms with Gasteiger partial charge in [0.15, 0.2) is 17.3 Å². The van der Waals surface area contributed by atoms with Gasteiger partial charge in [-0.2, -0.15) is 10.2 Å². The number of aryl methyl sites for hydroxylation is 2. The molecule has 9 rings (SSSR count). The first-order chi connectivity index (χ1) is 31.9. The number of carbonyl (C=O) groups is 3. The predicted octanol–water partition coefficient (Wildman–Crippen LogP) is 14.5. The van der Waals surface area contributed by atoms with E-state index in [2.05, 4.69) is 20.5 Å². The Balaban J connectivity index is 1.02. The molecule has 11 nitrogen and oxygen atoms in total. The molecule has 0 heterocycles. The fraction of sp³-hybridized carbons (Fsp3) is 0.113. The Hall–Kier alpha value is -7.73. The minimum atomic E-state index is -0.344. The van der Waals surface area contributed by atoms with Crippen molar-refractivity contribution < 1.29 is 23.9 Å². The van der Waals surface area contributed by atoms with E-state index in [4.69, 9.17) is 32.7 Å². The smallest absolute Gasteiger partial charge is 0.261 e. The van der Waals surface area contributed by atoms with E-state index in [-0.39, 0.29) is 40.2 Å². The van der Waals surface area contributed by atoms with E-state index >= 15 is 0 Å². The number of hydrogen-bond acceptors (Lipinski definition) is 9. The molecule has 0 aromatic heterocycles. The number of ketones is 1. The van der Waals surface area contributed by atoms with Crippen LogP contribution in [-0.2, 0) is 0 Å². The second-order valence-electron chi connectivity index (χ2n) is 15.9. The standard InChI is InChI=1S/C53H40Cl2N6O5/c1-29-15-21-45(43(54)23-29)60(3)52(63)41-25-31-11-7-9-13-35(31)47(50(41)65-5)58-56-33-17-19-37-38-20-18-34(28-40(38)49(62)39(37)27-33)57-59-48-36-14-10-8-12-32(36)26-42(51(48)66-6)53(64)61(4)46-22-16-30(2)24-44(46)55/h7-28H,1-6H3. The second-order valence-corrected chi connectivity index (χ2v) is 16.7. The molecular formula is C53H40Cl2N6O5. The molecule has 0 spiro atoms. The van der Waals surface area contributed by atoms with Crippen molar-refractivity contribution in [3.8, 4) is 22.6 Å². The third-order valence-electron chi connectivity index (χ3n) is 11.7. The van der Waals surface area contributed by atoms with Crippen molar-refractivity contribution in [2.45, 2.75) is 13.8 Å². The number of carbonyl (C=O) groups excluding carboxylic acids is 3. The van der Waals surface area contributed by atoms with E-state index in [0.29, 0.717) is 55.3 Å². The third-order valence-corrected chi connectivity index (χ3v) is 12.3. The van der Waals surface area contributed by atoms with Gasteiger partial charge in [0.1, 0.15) is 11.4 Å². The van der Waals surface area contributed by atoms with Crippen LogP contribution < -0.4 is 19.3 Å². The minimum absolute atomic E-state index is 0.212. The Morgan fingerprint density at radius 2 is 0.909 bits per heavy atom. The Morgan fingerprint density at radius 3 is 1.30 bits per heavy atom. The molecular weight excluding hydrogens is 872 g/mol. The number of hydrogen-bond donors (Lipinski definition) is 0. The van der Waals surface area contributed by atoms with E-state index in [1.54, 1.807) is 74.8 Å². The summed E-state index contributed by atoms with van der Waals surface area (Å²) in [6.45, 7) is 3.86. The summed E-state index contributed by atoms with van der Waals surface area (Å²) < 4.78 is 11.7. The van der Waals surface area contributed by atoms with Gasteiger partial charge in [-0.1, -0.05) is 96.0 Å². The number of nitrogens with zero attached hydrogens (tertiary/aromatic N) is 6. The van der Waals surface area contributed by atoms with Crippen molar-refractivity contribution in [3.63, 3.8) is 0 Å². The molecule has 8 aromatic carbocycles. The zero-order chi connectivity index (χ0) is 46.4. The lowest BCUT2D eigenvalue weighted by Crippen LogP contribution is -2.27. The number of methoxy groups -OCH3 is 2. The second kappa shape index (κ2) is 17.7. The average Bonchev–Trinajstić information content (AvgIpc) is 3.60. The zero-order valence-electron chi connectivity index (χ0n) is 36.7. The molecule has 0 saturated carbocycles. The van der Waals surface area contributed by atoms with Gasteiger partial charge < -0.3 is 19.3 Å². The molecule has 1 aliphatic carbocycles. The molecule has 13 heteroatoms. The summed E-state index contributed by atoms with van der Waals surface area (Å²) >= 11 is 13.1. The summed E-state index contributed by atoms with van der Waals surface area (Å²) in [6.07, 6.45) is 0. The first-order valence-corrected chi connectivity index (χ1v) is 21.6. The van der Waals surface area contributed by atoms with Gasteiger partial charge in [0, 0.05) is 36.0 Å². The minimum Gasteiger partial charge on any atom is -0.494 e. The number of amides is 2. The predicted molar refractivity (Wildman–Crippen MR) is 263 cm³/mol. The summed E-state index contributed by atoms with van der Waals surface area (Å²) in [5, 5.41) is 22.3. The van der Waals surface area contributed by atoms with Crippen LogP contribution in [0.5, 0.6) is 11.5 Å². The molecule has 1 aliphatic rings. The lowest BCUT2D eigenvalue weighted by atomic mass is 10.0. The zero-order valence-corrected chi connectivity index (χ0v) is 38.2. The fourth-order valence-corrected chi connectivity index (χ4v) is 9.02. The van der Waals surface area contributed by atoms with Crippen LogP contribution in [0.15, 0.2) is 154 Å². The molecule has 326 valence electrons. The Morgan fingerprint density at radius 1 is 0.500 bits per heavy atom. The van der Waals surface area contributed by atoms with Crippen LogP contribution in [0.4, 0.5) is 34.1 Å². The van der Waals surface area contributed by atoms with Gasteiger partial charge in [-0.15, -0.1) is 10.2 Å². The maximum absolute atomic E-state index is 14.1. The number of fused-ring (bicyclic) bond motifs is 5. The number of rotatable bonds is 10. The first kappa shape index (κ1) is 43.5. The van der Waals surface area contributed by atoms with Gasteiger partial charge in [0.2, 0.25) is 0 Å². The van der Waals surface area contributed by atoms with E-state index < -0.39 is 0 Å². The molecule has 0 aliphatic heterocycles. The maximum atomic E-state index is 14.1. The van der Waals surface area contributed by atoms with Crippen LogP contribution in [0.1, 0.15) is 47.8 Å². The summed E-state index contributed by atoms with van der Waals surface area (Å²) in [5.41, 5.74) is 7.52. The Bertz CT molecular complexity index is 3180. The van der Waals surface area contributed by atoms with E-state index in [9.17, 15) is 14.4 Å². The summed E-state index contributed by atoms with van der Waals surface area (Å²) in [4.78, 5) is 45.2. The lowest BCUT2D eigenvalue weighted by Gasteiger charge is -2.21. The van der Waals surface area contributed by atoms with Crippen LogP contribution in [-0.4, -0.2) is 45.9 Å². The van der Waals surface area contributed by atoms with Gasteiger partial charge >= 0.3 is 0 Å². The summed E-state index contributed by atoms with van der Waals surface area (Å²) in [7, 11) is 6.28. The van der Waals surface area contributed by atoms with Gasteiger partial charge in [0.25, 0.3) is 11.8 Å². The van der Waals surface area contributed by atoms with Crippen LogP contribution in [0.25, 0.3) is 32.7 Å². The molecule has 0 unspecified atom stereocenters. The van der Waals surface area contributed by atoms with Crippen molar-refractivity contribution in [3.05, 3.63) is 177 Å². The van der Waals surface area contributed by atoms with Crippen LogP contribution in [0, 0.1) is 13.8 Å². The van der Waals surface area contributed by atoms with Crippen LogP contribution in [0.2, 0.25) is 10.0 Å². The summed E-state index contributed by atoms with van der Waals surface area (Å²) in [6, 6.07) is 40.2.